The van der Waals surface area contributed by atoms with Crippen molar-refractivity contribution >= 4 is 5.78 Å². The first-order valence-electron chi connectivity index (χ1n) is 8.91. The number of benzene rings is 1. The first-order chi connectivity index (χ1) is 12.6. The number of para-hydroxylation sites is 1. The zero-order valence-electron chi connectivity index (χ0n) is 15.6. The molecule has 3 aromatic rings. The Morgan fingerprint density at radius 2 is 1.77 bits per heavy atom. The molecule has 2 heterocycles. The van der Waals surface area contributed by atoms with Crippen molar-refractivity contribution in [3.05, 3.63) is 83.4 Å². The maximum absolute atomic E-state index is 12.8. The van der Waals surface area contributed by atoms with Crippen molar-refractivity contribution in [2.75, 3.05) is 20.1 Å². The van der Waals surface area contributed by atoms with E-state index in [1.54, 1.807) is 12.4 Å². The number of nitrogens with zero attached hydrogens (tertiary/aromatic N) is 3. The summed E-state index contributed by atoms with van der Waals surface area (Å²) in [4.78, 5) is 18.9. The number of aryl methyl sites for hydroxylation is 1. The number of Topliss-reactive ketones (excluding diaryl/α,β-unsaturated/α-hetero) is 1. The van der Waals surface area contributed by atoms with Gasteiger partial charge in [0.05, 0.1) is 6.54 Å². The van der Waals surface area contributed by atoms with Gasteiger partial charge in [-0.2, -0.15) is 0 Å². The summed E-state index contributed by atoms with van der Waals surface area (Å²) in [6.07, 6.45) is 4.52. The minimum Gasteiger partial charge on any atom is -0.318 e. The monoisotopic (exact) mass is 347 g/mol. The molecule has 0 aliphatic carbocycles. The van der Waals surface area contributed by atoms with Gasteiger partial charge in [-0.1, -0.05) is 18.2 Å². The van der Waals surface area contributed by atoms with Crippen LogP contribution in [0.1, 0.15) is 27.3 Å². The van der Waals surface area contributed by atoms with Crippen LogP contribution in [0.25, 0.3) is 5.69 Å². The number of carbonyl (C=O) groups is 1. The van der Waals surface area contributed by atoms with Gasteiger partial charge in [0.1, 0.15) is 0 Å². The van der Waals surface area contributed by atoms with Crippen LogP contribution in [0.5, 0.6) is 0 Å². The number of hydrogen-bond acceptors (Lipinski definition) is 3. The van der Waals surface area contributed by atoms with E-state index in [4.69, 9.17) is 0 Å². The lowest BCUT2D eigenvalue weighted by Crippen LogP contribution is -2.28. The molecule has 0 saturated heterocycles. The lowest BCUT2D eigenvalue weighted by Gasteiger charge is -2.16. The second-order valence-corrected chi connectivity index (χ2v) is 6.72. The number of carbonyl (C=O) groups excluding carboxylic acids is 1. The molecule has 0 radical (unpaired) electrons. The summed E-state index contributed by atoms with van der Waals surface area (Å²) >= 11 is 0. The molecule has 3 rings (SSSR count). The Morgan fingerprint density at radius 3 is 2.46 bits per heavy atom. The molecule has 0 bridgehead atoms. The van der Waals surface area contributed by atoms with Gasteiger partial charge in [0, 0.05) is 41.6 Å². The fourth-order valence-corrected chi connectivity index (χ4v) is 3.30. The normalized spacial score (nSPS) is 11.1. The standard InChI is InChI=1S/C22H25N3O/c1-17-15-21(18(2)25(17)20-7-5-4-6-8-20)22(26)16-24(3)14-11-19-9-12-23-13-10-19/h4-10,12-13,15H,11,14,16H2,1-3H3. The summed E-state index contributed by atoms with van der Waals surface area (Å²) in [5, 5.41) is 0. The van der Waals surface area contributed by atoms with E-state index in [0.29, 0.717) is 6.54 Å². The molecule has 1 aromatic carbocycles. The summed E-state index contributed by atoms with van der Waals surface area (Å²) < 4.78 is 2.14. The van der Waals surface area contributed by atoms with E-state index < -0.39 is 0 Å². The van der Waals surface area contributed by atoms with Gasteiger partial charge in [-0.25, -0.2) is 0 Å². The SMILES string of the molecule is Cc1cc(C(=O)CN(C)CCc2ccncc2)c(C)n1-c1ccccc1. The van der Waals surface area contributed by atoms with E-state index in [0.717, 1.165) is 35.6 Å². The van der Waals surface area contributed by atoms with Gasteiger partial charge in [0.25, 0.3) is 0 Å². The highest BCUT2D eigenvalue weighted by molar-refractivity contribution is 5.99. The maximum atomic E-state index is 12.8. The third-order valence-electron chi connectivity index (χ3n) is 4.69. The number of rotatable bonds is 7. The van der Waals surface area contributed by atoms with E-state index in [9.17, 15) is 4.79 Å². The van der Waals surface area contributed by atoms with E-state index in [1.807, 2.05) is 57.3 Å². The number of likely N-dealkylation sites (N-methyl/N-ethyl adjacent to an activating group) is 1. The van der Waals surface area contributed by atoms with Gasteiger partial charge in [0.15, 0.2) is 5.78 Å². The Kier molecular flexibility index (Phi) is 5.64. The number of ketones is 1. The Bertz CT molecular complexity index is 869. The summed E-state index contributed by atoms with van der Waals surface area (Å²) in [6.45, 7) is 5.32. The van der Waals surface area contributed by atoms with E-state index in [2.05, 4.69) is 26.6 Å². The average Bonchev–Trinajstić information content (AvgIpc) is 2.96. The molecule has 0 atom stereocenters. The van der Waals surface area contributed by atoms with Gasteiger partial charge in [-0.3, -0.25) is 14.7 Å². The van der Waals surface area contributed by atoms with Crippen molar-refractivity contribution in [1.29, 1.82) is 0 Å². The Balaban J connectivity index is 1.68. The van der Waals surface area contributed by atoms with Gasteiger partial charge < -0.3 is 4.57 Å². The Labute approximate surface area is 155 Å². The Hall–Kier alpha value is -2.72. The van der Waals surface area contributed by atoms with Crippen molar-refractivity contribution < 1.29 is 4.79 Å². The molecule has 0 fully saturated rings. The molecule has 4 nitrogen and oxygen atoms in total. The Morgan fingerprint density at radius 1 is 1.08 bits per heavy atom. The second kappa shape index (κ2) is 8.11. The largest absolute Gasteiger partial charge is 0.318 e. The van der Waals surface area contributed by atoms with Gasteiger partial charge in [0.2, 0.25) is 0 Å². The predicted molar refractivity (Wildman–Crippen MR) is 105 cm³/mol. The fraction of sp³-hybridized carbons (Fsp3) is 0.273. The molecule has 0 aliphatic heterocycles. The molecule has 0 unspecified atom stereocenters. The van der Waals surface area contributed by atoms with Crippen LogP contribution in [-0.4, -0.2) is 40.4 Å². The predicted octanol–water partition coefficient (Wildman–Crippen LogP) is 3.85. The number of aromatic nitrogens is 2. The van der Waals surface area contributed by atoms with E-state index in [1.165, 1.54) is 5.56 Å². The summed E-state index contributed by atoms with van der Waals surface area (Å²) in [6, 6.07) is 16.2. The molecule has 2 aromatic heterocycles. The van der Waals surface area contributed by atoms with Crippen molar-refractivity contribution in [1.82, 2.24) is 14.5 Å². The maximum Gasteiger partial charge on any atom is 0.178 e. The number of hydrogen-bond donors (Lipinski definition) is 0. The van der Waals surface area contributed by atoms with Crippen LogP contribution in [0.2, 0.25) is 0 Å². The van der Waals surface area contributed by atoms with Crippen molar-refractivity contribution in [3.63, 3.8) is 0 Å². The molecule has 4 heteroatoms. The van der Waals surface area contributed by atoms with Crippen molar-refractivity contribution in [2.45, 2.75) is 20.3 Å². The molecular formula is C22H25N3O. The van der Waals surface area contributed by atoms with Gasteiger partial charge >= 0.3 is 0 Å². The average molecular weight is 347 g/mol. The van der Waals surface area contributed by atoms with E-state index in [-0.39, 0.29) is 5.78 Å². The third kappa shape index (κ3) is 4.09. The first-order valence-corrected chi connectivity index (χ1v) is 8.91. The molecule has 0 amide bonds. The fourth-order valence-electron chi connectivity index (χ4n) is 3.30. The van der Waals surface area contributed by atoms with Crippen LogP contribution in [0.3, 0.4) is 0 Å². The van der Waals surface area contributed by atoms with E-state index >= 15 is 0 Å². The second-order valence-electron chi connectivity index (χ2n) is 6.72. The van der Waals surface area contributed by atoms with Gasteiger partial charge in [-0.15, -0.1) is 0 Å². The molecule has 0 N–H and O–H groups in total. The highest BCUT2D eigenvalue weighted by Crippen LogP contribution is 2.21. The third-order valence-corrected chi connectivity index (χ3v) is 4.69. The van der Waals surface area contributed by atoms with Crippen molar-refractivity contribution in [3.8, 4) is 5.69 Å². The zero-order valence-corrected chi connectivity index (χ0v) is 15.6. The molecule has 0 aliphatic rings. The highest BCUT2D eigenvalue weighted by Gasteiger charge is 2.17. The minimum atomic E-state index is 0.164. The van der Waals surface area contributed by atoms with Crippen LogP contribution >= 0.6 is 0 Å². The lowest BCUT2D eigenvalue weighted by atomic mass is 10.1. The van der Waals surface area contributed by atoms with Crippen LogP contribution < -0.4 is 0 Å². The number of pyridine rings is 1. The summed E-state index contributed by atoms with van der Waals surface area (Å²) in [7, 11) is 2.00. The van der Waals surface area contributed by atoms with Crippen LogP contribution in [0.4, 0.5) is 0 Å². The lowest BCUT2D eigenvalue weighted by molar-refractivity contribution is 0.0946. The first kappa shape index (κ1) is 18.1. The molecule has 26 heavy (non-hydrogen) atoms. The van der Waals surface area contributed by atoms with Crippen LogP contribution in [0.15, 0.2) is 60.9 Å². The van der Waals surface area contributed by atoms with Crippen LogP contribution in [-0.2, 0) is 6.42 Å². The molecule has 0 spiro atoms. The quantitative estimate of drug-likeness (QED) is 0.609. The topological polar surface area (TPSA) is 38.1 Å². The van der Waals surface area contributed by atoms with Gasteiger partial charge in [-0.05, 0) is 63.2 Å². The minimum absolute atomic E-state index is 0.164. The van der Waals surface area contributed by atoms with Crippen molar-refractivity contribution in [2.24, 2.45) is 0 Å². The smallest absolute Gasteiger partial charge is 0.178 e. The molecular weight excluding hydrogens is 322 g/mol. The highest BCUT2D eigenvalue weighted by atomic mass is 16.1. The zero-order chi connectivity index (χ0) is 18.5. The van der Waals surface area contributed by atoms with Crippen LogP contribution in [0, 0.1) is 13.8 Å². The molecule has 0 saturated carbocycles. The summed E-state index contributed by atoms with van der Waals surface area (Å²) in [5.41, 5.74) is 5.22. The summed E-state index contributed by atoms with van der Waals surface area (Å²) in [5.74, 6) is 0.164. The molecule has 134 valence electrons.